The fourth-order valence-electron chi connectivity index (χ4n) is 4.25. The number of ether oxygens (including phenoxy) is 2. The lowest BCUT2D eigenvalue weighted by atomic mass is 10.1. The summed E-state index contributed by atoms with van der Waals surface area (Å²) in [6.45, 7) is 0.284. The molecule has 1 aliphatic rings. The molecule has 1 atom stereocenters. The quantitative estimate of drug-likeness (QED) is 0.284. The number of fused-ring (bicyclic) bond motifs is 1. The molecule has 0 aliphatic carbocycles. The first-order valence-corrected chi connectivity index (χ1v) is 12.9. The molecular formula is C30H30N2O8. The molecule has 0 radical (unpaired) electrons. The van der Waals surface area contributed by atoms with E-state index >= 15 is 0 Å². The number of carboxylic acid groups (broad SMARTS) is 2. The smallest absolute Gasteiger partial charge is 0.346 e. The van der Waals surface area contributed by atoms with Crippen molar-refractivity contribution < 1.29 is 38.9 Å². The number of hydrogen-bond donors (Lipinski definition) is 3. The summed E-state index contributed by atoms with van der Waals surface area (Å²) in [6, 6.07) is 21.5. The Morgan fingerprint density at radius 2 is 1.68 bits per heavy atom. The first-order valence-electron chi connectivity index (χ1n) is 12.9. The molecule has 1 unspecified atom stereocenters. The van der Waals surface area contributed by atoms with Gasteiger partial charge in [0, 0.05) is 17.7 Å². The van der Waals surface area contributed by atoms with Crippen molar-refractivity contribution in [1.29, 1.82) is 0 Å². The van der Waals surface area contributed by atoms with Crippen molar-refractivity contribution >= 4 is 35.1 Å². The van der Waals surface area contributed by atoms with Crippen LogP contribution in [0.5, 0.6) is 11.5 Å². The second-order valence-corrected chi connectivity index (χ2v) is 9.29. The summed E-state index contributed by atoms with van der Waals surface area (Å²) in [5.74, 6) is -2.54. The molecule has 4 rings (SSSR count). The number of unbranched alkanes of at least 4 members (excludes halogenated alkanes) is 1. The van der Waals surface area contributed by atoms with E-state index in [1.165, 1.54) is 28.7 Å². The van der Waals surface area contributed by atoms with E-state index in [4.69, 9.17) is 14.6 Å². The Kier molecular flexibility index (Phi) is 9.35. The van der Waals surface area contributed by atoms with Crippen molar-refractivity contribution in [3.63, 3.8) is 0 Å². The van der Waals surface area contributed by atoms with Crippen LogP contribution in [-0.2, 0) is 20.8 Å². The first-order chi connectivity index (χ1) is 19.3. The Balaban J connectivity index is 1.35. The van der Waals surface area contributed by atoms with Crippen LogP contribution in [0, 0.1) is 0 Å². The molecule has 3 N–H and O–H groups in total. The number of carboxylic acids is 2. The zero-order chi connectivity index (χ0) is 28.5. The molecule has 3 aromatic carbocycles. The molecule has 0 bridgehead atoms. The van der Waals surface area contributed by atoms with Gasteiger partial charge in [0.15, 0.2) is 0 Å². The maximum absolute atomic E-state index is 12.9. The van der Waals surface area contributed by atoms with Crippen LogP contribution in [0.1, 0.15) is 41.6 Å². The number of nitrogens with zero attached hydrogens (tertiary/aromatic N) is 1. The first kappa shape index (κ1) is 28.2. The van der Waals surface area contributed by atoms with Crippen LogP contribution in [0.4, 0.5) is 11.4 Å². The normalized spacial score (nSPS) is 14.0. The van der Waals surface area contributed by atoms with Gasteiger partial charge >= 0.3 is 11.9 Å². The molecule has 0 fully saturated rings. The number of anilines is 2. The van der Waals surface area contributed by atoms with Gasteiger partial charge in [-0.3, -0.25) is 14.4 Å². The fraction of sp³-hybridized carbons (Fsp3) is 0.267. The van der Waals surface area contributed by atoms with Gasteiger partial charge < -0.3 is 29.9 Å². The highest BCUT2D eigenvalue weighted by atomic mass is 16.5. The van der Waals surface area contributed by atoms with E-state index in [9.17, 15) is 24.3 Å². The molecule has 0 saturated carbocycles. The summed E-state index contributed by atoms with van der Waals surface area (Å²) in [6.07, 6.45) is 0.905. The molecule has 2 amide bonds. The Bertz CT molecular complexity index is 1360. The highest BCUT2D eigenvalue weighted by molar-refractivity contribution is 6.05. The molecule has 1 heterocycles. The predicted octanol–water partition coefficient (Wildman–Crippen LogP) is 4.38. The minimum absolute atomic E-state index is 0.144. The largest absolute Gasteiger partial charge is 0.494 e. The monoisotopic (exact) mass is 546 g/mol. The minimum atomic E-state index is -1.30. The third kappa shape index (κ3) is 7.59. The van der Waals surface area contributed by atoms with E-state index in [-0.39, 0.29) is 24.4 Å². The summed E-state index contributed by atoms with van der Waals surface area (Å²) in [4.78, 5) is 49.2. The van der Waals surface area contributed by atoms with Gasteiger partial charge in [0.25, 0.3) is 5.91 Å². The molecule has 0 spiro atoms. The molecule has 40 heavy (non-hydrogen) atoms. The molecule has 3 aromatic rings. The van der Waals surface area contributed by atoms with Crippen LogP contribution in [-0.4, -0.2) is 53.2 Å². The Morgan fingerprint density at radius 1 is 0.925 bits per heavy atom. The zero-order valence-corrected chi connectivity index (χ0v) is 21.7. The molecule has 10 heteroatoms. The summed E-state index contributed by atoms with van der Waals surface area (Å²) < 4.78 is 11.3. The fourth-order valence-corrected chi connectivity index (χ4v) is 4.25. The highest BCUT2D eigenvalue weighted by Crippen LogP contribution is 2.36. The van der Waals surface area contributed by atoms with Crippen molar-refractivity contribution in [2.24, 2.45) is 0 Å². The number of aryl methyl sites for hydroxylation is 1. The van der Waals surface area contributed by atoms with Crippen molar-refractivity contribution in [2.45, 2.75) is 38.2 Å². The molecule has 0 aromatic heterocycles. The maximum atomic E-state index is 12.9. The summed E-state index contributed by atoms with van der Waals surface area (Å²) in [7, 11) is 0. The lowest BCUT2D eigenvalue weighted by Gasteiger charge is -2.33. The van der Waals surface area contributed by atoms with Gasteiger partial charge in [0.05, 0.1) is 25.3 Å². The molecule has 1 aliphatic heterocycles. The van der Waals surface area contributed by atoms with E-state index in [1.807, 2.05) is 18.2 Å². The lowest BCUT2D eigenvalue weighted by Crippen LogP contribution is -2.47. The third-order valence-electron chi connectivity index (χ3n) is 6.34. The SMILES string of the molecule is O=C(O)CCC(=O)N1CC(C(=O)O)Oc2ccc(NC(=O)c3ccc(OCCCCc4ccccc4)cc3)cc21. The second-order valence-electron chi connectivity index (χ2n) is 9.29. The Labute approximate surface area is 231 Å². The topological polar surface area (TPSA) is 142 Å². The second kappa shape index (κ2) is 13.3. The van der Waals surface area contributed by atoms with Gasteiger partial charge in [-0.05, 0) is 67.3 Å². The van der Waals surface area contributed by atoms with Crippen molar-refractivity contribution in [3.8, 4) is 11.5 Å². The number of rotatable bonds is 12. The van der Waals surface area contributed by atoms with Crippen molar-refractivity contribution in [1.82, 2.24) is 0 Å². The van der Waals surface area contributed by atoms with Crippen LogP contribution >= 0.6 is 0 Å². The van der Waals surface area contributed by atoms with Gasteiger partial charge in [-0.2, -0.15) is 0 Å². The number of amides is 2. The van der Waals surface area contributed by atoms with E-state index < -0.39 is 36.3 Å². The van der Waals surface area contributed by atoms with E-state index in [0.717, 1.165) is 19.3 Å². The van der Waals surface area contributed by atoms with Crippen LogP contribution in [0.3, 0.4) is 0 Å². The number of benzene rings is 3. The molecule has 208 valence electrons. The van der Waals surface area contributed by atoms with Gasteiger partial charge in [-0.1, -0.05) is 30.3 Å². The molecule has 0 saturated heterocycles. The Morgan fingerprint density at radius 3 is 2.38 bits per heavy atom. The number of hydrogen-bond acceptors (Lipinski definition) is 6. The maximum Gasteiger partial charge on any atom is 0.346 e. The summed E-state index contributed by atoms with van der Waals surface area (Å²) in [5.41, 5.74) is 2.30. The lowest BCUT2D eigenvalue weighted by molar-refractivity contribution is -0.145. The van der Waals surface area contributed by atoms with Gasteiger partial charge in [-0.15, -0.1) is 0 Å². The summed E-state index contributed by atoms with van der Waals surface area (Å²) >= 11 is 0. The van der Waals surface area contributed by atoms with E-state index in [1.54, 1.807) is 24.3 Å². The van der Waals surface area contributed by atoms with E-state index in [2.05, 4.69) is 17.4 Å². The minimum Gasteiger partial charge on any atom is -0.494 e. The Hall–Kier alpha value is -4.86. The van der Waals surface area contributed by atoms with Gasteiger partial charge in [0.1, 0.15) is 11.5 Å². The van der Waals surface area contributed by atoms with Crippen molar-refractivity contribution in [2.75, 3.05) is 23.4 Å². The van der Waals surface area contributed by atoms with Crippen LogP contribution < -0.4 is 19.7 Å². The average molecular weight is 547 g/mol. The number of carbonyl (C=O) groups excluding carboxylic acids is 2. The van der Waals surface area contributed by atoms with Crippen molar-refractivity contribution in [3.05, 3.63) is 83.9 Å². The zero-order valence-electron chi connectivity index (χ0n) is 21.7. The summed E-state index contributed by atoms with van der Waals surface area (Å²) in [5, 5.41) is 21.1. The molecular weight excluding hydrogens is 516 g/mol. The average Bonchev–Trinajstić information content (AvgIpc) is 2.96. The standard InChI is InChI=1S/C30H30N2O8/c33-27(15-16-28(34)35)32-19-26(30(37)38)40-25-14-11-22(18-24(25)32)31-29(36)21-9-12-23(13-10-21)39-17-5-4-8-20-6-2-1-3-7-20/h1-3,6-7,9-14,18,26H,4-5,8,15-17,19H2,(H,31,36)(H,34,35)(H,37,38). The number of carbonyl (C=O) groups is 4. The predicted molar refractivity (Wildman–Crippen MR) is 147 cm³/mol. The van der Waals surface area contributed by atoms with Gasteiger partial charge in [0.2, 0.25) is 12.0 Å². The van der Waals surface area contributed by atoms with Crippen LogP contribution in [0.15, 0.2) is 72.8 Å². The van der Waals surface area contributed by atoms with Crippen LogP contribution in [0.25, 0.3) is 0 Å². The molecule has 10 nitrogen and oxygen atoms in total. The van der Waals surface area contributed by atoms with Gasteiger partial charge in [-0.25, -0.2) is 4.79 Å². The number of aliphatic carboxylic acids is 2. The third-order valence-corrected chi connectivity index (χ3v) is 6.34. The number of nitrogens with one attached hydrogen (secondary N) is 1. The van der Waals surface area contributed by atoms with Crippen LogP contribution in [0.2, 0.25) is 0 Å². The van der Waals surface area contributed by atoms with E-state index in [0.29, 0.717) is 23.6 Å². The highest BCUT2D eigenvalue weighted by Gasteiger charge is 2.34.